The number of rotatable bonds is 9. The monoisotopic (exact) mass is 484 g/mol. The van der Waals surface area contributed by atoms with E-state index in [1.54, 1.807) is 18.6 Å². The largest absolute Gasteiger partial charge is 0.361 e. The van der Waals surface area contributed by atoms with E-state index < -0.39 is 0 Å². The van der Waals surface area contributed by atoms with Crippen molar-refractivity contribution >= 4 is 34.4 Å². The number of hydrogen-bond acceptors (Lipinski definition) is 5. The van der Waals surface area contributed by atoms with Gasteiger partial charge in [-0.05, 0) is 66.4 Å². The molecule has 0 unspecified atom stereocenters. The van der Waals surface area contributed by atoms with Gasteiger partial charge < -0.3 is 15.6 Å². The Kier molecular flexibility index (Phi) is 7.35. The quantitative estimate of drug-likeness (QED) is 0.211. The van der Waals surface area contributed by atoms with Gasteiger partial charge in [-0.1, -0.05) is 42.5 Å². The molecule has 182 valence electrons. The molecule has 3 aromatic heterocycles. The summed E-state index contributed by atoms with van der Waals surface area (Å²) in [4.78, 5) is 11.7. The highest BCUT2D eigenvalue weighted by atomic mass is 14.9. The highest BCUT2D eigenvalue weighted by molar-refractivity contribution is 5.90. The molecule has 0 spiro atoms. The zero-order chi connectivity index (χ0) is 25.5. The fourth-order valence-corrected chi connectivity index (χ4v) is 4.33. The minimum atomic E-state index is 0.503. The molecule has 0 aliphatic heterocycles. The lowest BCUT2D eigenvalue weighted by Crippen LogP contribution is -2.16. The van der Waals surface area contributed by atoms with Gasteiger partial charge >= 0.3 is 0 Å². The Balaban J connectivity index is 1.27. The normalized spacial score (nSPS) is 11.1. The molecule has 3 heterocycles. The fraction of sp³-hybridized carbons (Fsp3) is 0.129. The number of fused-ring (bicyclic) bond motifs is 1. The van der Waals surface area contributed by atoms with Gasteiger partial charge in [0.25, 0.3) is 0 Å². The Bertz CT molecular complexity index is 1560. The Morgan fingerprint density at radius 3 is 2.65 bits per heavy atom. The number of nitrogens with zero attached hydrogens (tertiary/aromatic N) is 3. The molecule has 0 radical (unpaired) electrons. The van der Waals surface area contributed by atoms with Crippen LogP contribution in [-0.2, 0) is 13.0 Å². The van der Waals surface area contributed by atoms with Crippen molar-refractivity contribution in [3.05, 3.63) is 119 Å². The van der Waals surface area contributed by atoms with Gasteiger partial charge in [0.1, 0.15) is 6.07 Å². The summed E-state index contributed by atoms with van der Waals surface area (Å²) in [6.07, 6.45) is 14.0. The van der Waals surface area contributed by atoms with E-state index in [0.29, 0.717) is 5.56 Å². The molecule has 0 saturated carbocycles. The summed E-state index contributed by atoms with van der Waals surface area (Å²) in [6, 6.07) is 21.0. The molecule has 0 bridgehead atoms. The van der Waals surface area contributed by atoms with Crippen LogP contribution < -0.4 is 10.6 Å². The SMILES string of the molecule is Cc1c(Nc2c(C#N)cncc2C=Cc2ccc(CNCCc3cccnc3)cc2)ccc2[nH]ccc12. The third-order valence-electron chi connectivity index (χ3n) is 6.44. The minimum absolute atomic E-state index is 0.503. The zero-order valence-corrected chi connectivity index (χ0v) is 20.7. The van der Waals surface area contributed by atoms with E-state index in [4.69, 9.17) is 0 Å². The maximum Gasteiger partial charge on any atom is 0.103 e. The average Bonchev–Trinajstić information content (AvgIpc) is 3.43. The van der Waals surface area contributed by atoms with Gasteiger partial charge in [-0.2, -0.15) is 5.26 Å². The van der Waals surface area contributed by atoms with Crippen LogP contribution in [0.4, 0.5) is 11.4 Å². The fourth-order valence-electron chi connectivity index (χ4n) is 4.33. The van der Waals surface area contributed by atoms with Crippen LogP contribution in [0.25, 0.3) is 23.1 Å². The van der Waals surface area contributed by atoms with E-state index in [0.717, 1.165) is 58.5 Å². The van der Waals surface area contributed by atoms with Crippen LogP contribution >= 0.6 is 0 Å². The van der Waals surface area contributed by atoms with Crippen LogP contribution in [0.3, 0.4) is 0 Å². The lowest BCUT2D eigenvalue weighted by atomic mass is 10.1. The molecule has 0 aliphatic carbocycles. The third-order valence-corrected chi connectivity index (χ3v) is 6.44. The third kappa shape index (κ3) is 5.75. The van der Waals surface area contributed by atoms with Gasteiger partial charge in [0, 0.05) is 59.7 Å². The highest BCUT2D eigenvalue weighted by Crippen LogP contribution is 2.31. The Morgan fingerprint density at radius 2 is 1.84 bits per heavy atom. The summed E-state index contributed by atoms with van der Waals surface area (Å²) in [5.41, 5.74) is 8.83. The molecule has 6 nitrogen and oxygen atoms in total. The van der Waals surface area contributed by atoms with Crippen molar-refractivity contribution in [2.45, 2.75) is 19.9 Å². The van der Waals surface area contributed by atoms with E-state index in [2.05, 4.69) is 75.0 Å². The van der Waals surface area contributed by atoms with Crippen molar-refractivity contribution in [1.82, 2.24) is 20.3 Å². The van der Waals surface area contributed by atoms with Crippen molar-refractivity contribution < 1.29 is 0 Å². The minimum Gasteiger partial charge on any atom is -0.361 e. The first kappa shape index (κ1) is 24.0. The average molecular weight is 485 g/mol. The first-order valence-corrected chi connectivity index (χ1v) is 12.3. The van der Waals surface area contributed by atoms with E-state index in [9.17, 15) is 5.26 Å². The summed E-state index contributed by atoms with van der Waals surface area (Å²) in [7, 11) is 0. The number of nitrogens with one attached hydrogen (secondary N) is 3. The van der Waals surface area contributed by atoms with Crippen molar-refractivity contribution in [3.8, 4) is 6.07 Å². The number of aromatic amines is 1. The predicted octanol–water partition coefficient (Wildman–Crippen LogP) is 6.38. The Morgan fingerprint density at radius 1 is 0.946 bits per heavy atom. The number of H-pyrrole nitrogens is 1. The van der Waals surface area contributed by atoms with Gasteiger partial charge in [-0.25, -0.2) is 0 Å². The Hall–Kier alpha value is -4.73. The van der Waals surface area contributed by atoms with Crippen molar-refractivity contribution in [2.24, 2.45) is 0 Å². The van der Waals surface area contributed by atoms with Gasteiger partial charge in [-0.3, -0.25) is 9.97 Å². The van der Waals surface area contributed by atoms with Gasteiger partial charge in [0.05, 0.1) is 11.3 Å². The number of aryl methyl sites for hydroxylation is 1. The molecule has 0 saturated heterocycles. The number of hydrogen-bond donors (Lipinski definition) is 3. The molecule has 5 aromatic rings. The van der Waals surface area contributed by atoms with Crippen LogP contribution in [-0.4, -0.2) is 21.5 Å². The topological polar surface area (TPSA) is 89.4 Å². The molecule has 37 heavy (non-hydrogen) atoms. The van der Waals surface area contributed by atoms with E-state index in [-0.39, 0.29) is 0 Å². The maximum atomic E-state index is 9.73. The summed E-state index contributed by atoms with van der Waals surface area (Å²) in [5.74, 6) is 0. The van der Waals surface area contributed by atoms with Crippen molar-refractivity contribution in [2.75, 3.05) is 11.9 Å². The molecule has 0 atom stereocenters. The van der Waals surface area contributed by atoms with Crippen LogP contribution in [0.15, 0.2) is 85.6 Å². The summed E-state index contributed by atoms with van der Waals surface area (Å²) < 4.78 is 0. The van der Waals surface area contributed by atoms with Crippen molar-refractivity contribution in [1.29, 1.82) is 5.26 Å². The van der Waals surface area contributed by atoms with Crippen LogP contribution in [0.5, 0.6) is 0 Å². The number of benzene rings is 2. The van der Waals surface area contributed by atoms with Crippen LogP contribution in [0.1, 0.15) is 33.4 Å². The second-order valence-electron chi connectivity index (χ2n) is 8.93. The summed E-state index contributed by atoms with van der Waals surface area (Å²) in [6.45, 7) is 3.80. The molecule has 0 aliphatic rings. The molecule has 5 rings (SSSR count). The van der Waals surface area contributed by atoms with Gasteiger partial charge in [-0.15, -0.1) is 0 Å². The van der Waals surface area contributed by atoms with Crippen molar-refractivity contribution in [3.63, 3.8) is 0 Å². The molecular formula is C31H28N6. The van der Waals surface area contributed by atoms with Gasteiger partial charge in [0.15, 0.2) is 0 Å². The lowest BCUT2D eigenvalue weighted by molar-refractivity contribution is 0.686. The highest BCUT2D eigenvalue weighted by Gasteiger charge is 2.11. The number of anilines is 2. The van der Waals surface area contributed by atoms with Gasteiger partial charge in [0.2, 0.25) is 0 Å². The molecule has 3 N–H and O–H groups in total. The zero-order valence-electron chi connectivity index (χ0n) is 20.7. The smallest absolute Gasteiger partial charge is 0.103 e. The first-order chi connectivity index (χ1) is 18.2. The maximum absolute atomic E-state index is 9.73. The summed E-state index contributed by atoms with van der Waals surface area (Å²) in [5, 5.41) is 17.9. The standard InChI is InChI=1S/C31H28N6/c1-22-28-13-16-36-30(28)11-10-29(22)37-31-26(20-35-21-27(31)17-32)9-8-23-4-6-25(7-5-23)19-34-15-12-24-3-2-14-33-18-24/h2-11,13-14,16,18,20-21,34,36H,12,15,19H2,1H3,(H,35,37). The second kappa shape index (κ2) is 11.3. The number of pyridine rings is 2. The number of nitriles is 1. The number of aromatic nitrogens is 3. The lowest BCUT2D eigenvalue weighted by Gasteiger charge is -2.14. The predicted molar refractivity (Wildman–Crippen MR) is 150 cm³/mol. The van der Waals surface area contributed by atoms with E-state index in [1.165, 1.54) is 11.1 Å². The molecular weight excluding hydrogens is 456 g/mol. The van der Waals surface area contributed by atoms with Crippen LogP contribution in [0, 0.1) is 18.3 Å². The Labute approximate surface area is 216 Å². The van der Waals surface area contributed by atoms with E-state index >= 15 is 0 Å². The first-order valence-electron chi connectivity index (χ1n) is 12.3. The van der Waals surface area contributed by atoms with Crippen LogP contribution in [0.2, 0.25) is 0 Å². The molecule has 6 heteroatoms. The molecule has 0 fully saturated rings. The van der Waals surface area contributed by atoms with E-state index in [1.807, 2.05) is 42.7 Å². The summed E-state index contributed by atoms with van der Waals surface area (Å²) >= 11 is 0. The molecule has 0 amide bonds. The molecule has 2 aromatic carbocycles. The second-order valence-corrected chi connectivity index (χ2v) is 8.93.